The SMILES string of the molecule is CC[C@H]1OC(=O)[C@H](C)[C@@H](OC2C[C@@](C)(OC)[C@@H](OC(=O)c3ccccc3)[C@H](C)O2)[C@H](C)[C@@H](OC2O[C@H](C)C[C@H](N(C)C)[C@H]2OC(=O)c2ccccc2)[C@@](C)(OC)C[C@@H](C)[C@@H]2OC(C)(C)O[C@H]([C@H]2C)[C@@]1(O)CC. The van der Waals surface area contributed by atoms with Gasteiger partial charge in [0.05, 0.1) is 65.3 Å². The van der Waals surface area contributed by atoms with Crippen LogP contribution >= 0.6 is 0 Å². The highest BCUT2D eigenvalue weighted by Gasteiger charge is 2.58. The van der Waals surface area contributed by atoms with E-state index < -0.39 is 114 Å². The van der Waals surface area contributed by atoms with Crippen molar-refractivity contribution < 1.29 is 71.6 Å². The lowest BCUT2D eigenvalue weighted by Crippen LogP contribution is -2.65. The lowest BCUT2D eigenvalue weighted by Gasteiger charge is -2.54. The van der Waals surface area contributed by atoms with Gasteiger partial charge in [0.25, 0.3) is 0 Å². The van der Waals surface area contributed by atoms with Crippen LogP contribution in [0.25, 0.3) is 0 Å². The highest BCUT2D eigenvalue weighted by Crippen LogP contribution is 2.47. The molecule has 4 aliphatic rings. The Morgan fingerprint density at radius 2 is 1.31 bits per heavy atom. The van der Waals surface area contributed by atoms with Gasteiger partial charge in [0.1, 0.15) is 17.3 Å². The average Bonchev–Trinajstić information content (AvgIpc) is 3.35. The molecule has 16 heteroatoms. The van der Waals surface area contributed by atoms with Gasteiger partial charge >= 0.3 is 17.9 Å². The number of aliphatic hydroxyl groups is 1. The molecule has 72 heavy (non-hydrogen) atoms. The van der Waals surface area contributed by atoms with Crippen LogP contribution in [0.3, 0.4) is 0 Å². The van der Waals surface area contributed by atoms with E-state index in [1.807, 2.05) is 93.4 Å². The molecule has 2 aromatic carbocycles. The van der Waals surface area contributed by atoms with Crippen molar-refractivity contribution in [1.29, 1.82) is 0 Å². The van der Waals surface area contributed by atoms with E-state index in [0.29, 0.717) is 24.0 Å². The molecule has 0 radical (unpaired) electrons. The molecule has 0 aliphatic carbocycles. The lowest BCUT2D eigenvalue weighted by molar-refractivity contribution is -0.363. The quantitative estimate of drug-likeness (QED) is 0.150. The van der Waals surface area contributed by atoms with Crippen LogP contribution in [0.15, 0.2) is 60.7 Å². The number of methoxy groups -OCH3 is 2. The van der Waals surface area contributed by atoms with Crippen molar-refractivity contribution in [2.75, 3.05) is 28.3 Å². The van der Waals surface area contributed by atoms with E-state index in [9.17, 15) is 14.7 Å². The number of esters is 3. The van der Waals surface area contributed by atoms with Crippen molar-refractivity contribution >= 4 is 17.9 Å². The van der Waals surface area contributed by atoms with Crippen molar-refractivity contribution in [2.45, 2.75) is 211 Å². The summed E-state index contributed by atoms with van der Waals surface area (Å²) in [5, 5.41) is 12.9. The predicted molar refractivity (Wildman–Crippen MR) is 268 cm³/mol. The molecule has 0 aromatic heterocycles. The third kappa shape index (κ3) is 12.4. The third-order valence-corrected chi connectivity index (χ3v) is 16.1. The van der Waals surface area contributed by atoms with E-state index in [0.717, 1.165) is 0 Å². The van der Waals surface area contributed by atoms with Crippen LogP contribution in [0.4, 0.5) is 0 Å². The maximum Gasteiger partial charge on any atom is 0.338 e. The van der Waals surface area contributed by atoms with Crippen LogP contribution in [0.2, 0.25) is 0 Å². The second-order valence-corrected chi connectivity index (χ2v) is 22.1. The summed E-state index contributed by atoms with van der Waals surface area (Å²) in [6.45, 7) is 22.8. The van der Waals surface area contributed by atoms with Crippen molar-refractivity contribution in [3.63, 3.8) is 0 Å². The summed E-state index contributed by atoms with van der Waals surface area (Å²) in [5.74, 6) is -5.17. The van der Waals surface area contributed by atoms with E-state index >= 15 is 4.79 Å². The molecule has 1 N–H and O–H groups in total. The number of benzene rings is 2. The highest BCUT2D eigenvalue weighted by molar-refractivity contribution is 5.90. The molecule has 0 saturated carbocycles. The van der Waals surface area contributed by atoms with E-state index in [2.05, 4.69) is 6.92 Å². The molecular weight excluding hydrogens is 927 g/mol. The topological polar surface area (TPSA) is 176 Å². The number of cyclic esters (lactones) is 1. The highest BCUT2D eigenvalue weighted by atomic mass is 16.7. The Bertz CT molecular complexity index is 2090. The third-order valence-electron chi connectivity index (χ3n) is 16.1. The average molecular weight is 1010 g/mol. The Kier molecular flexibility index (Phi) is 18.9. The lowest BCUT2D eigenvalue weighted by atomic mass is 9.71. The van der Waals surface area contributed by atoms with Crippen molar-refractivity contribution in [2.24, 2.45) is 23.7 Å². The van der Waals surface area contributed by atoms with E-state index in [4.69, 9.17) is 52.1 Å². The summed E-state index contributed by atoms with van der Waals surface area (Å²) in [6.07, 6.45) is -7.66. The minimum absolute atomic E-state index is 0.0971. The van der Waals surface area contributed by atoms with E-state index in [1.54, 1.807) is 76.6 Å². The number of hydrogen-bond acceptors (Lipinski definition) is 16. The first-order valence-electron chi connectivity index (χ1n) is 26.0. The Morgan fingerprint density at radius 3 is 1.85 bits per heavy atom. The van der Waals surface area contributed by atoms with Crippen LogP contribution in [0.1, 0.15) is 136 Å². The number of likely N-dealkylation sites (N-methyl/N-ethyl adjacent to an activating group) is 1. The molecule has 404 valence electrons. The second kappa shape index (κ2) is 23.6. The van der Waals surface area contributed by atoms with E-state index in [-0.39, 0.29) is 43.2 Å². The molecular formula is C56H85NO15. The maximum atomic E-state index is 15.1. The minimum atomic E-state index is -1.61. The first-order valence-corrected chi connectivity index (χ1v) is 26.0. The number of ether oxygens (including phenoxy) is 11. The maximum absolute atomic E-state index is 15.1. The van der Waals surface area contributed by atoms with Crippen LogP contribution in [0, 0.1) is 23.7 Å². The molecule has 4 heterocycles. The molecule has 19 atom stereocenters. The zero-order valence-corrected chi connectivity index (χ0v) is 45.7. The Hall–Kier alpha value is -3.55. The number of rotatable bonds is 13. The molecule has 6 rings (SSSR count). The van der Waals surface area contributed by atoms with Gasteiger partial charge in [-0.1, -0.05) is 71.0 Å². The molecule has 0 spiro atoms. The Labute approximate surface area is 428 Å². The van der Waals surface area contributed by atoms with Crippen LogP contribution in [-0.2, 0) is 56.9 Å². The summed E-state index contributed by atoms with van der Waals surface area (Å²) in [5.41, 5.74) is -3.14. The van der Waals surface area contributed by atoms with Crippen LogP contribution < -0.4 is 0 Å². The van der Waals surface area contributed by atoms with Gasteiger partial charge in [-0.2, -0.15) is 0 Å². The fourth-order valence-corrected chi connectivity index (χ4v) is 11.9. The summed E-state index contributed by atoms with van der Waals surface area (Å²) in [7, 11) is 7.05. The van der Waals surface area contributed by atoms with E-state index in [1.165, 1.54) is 0 Å². The van der Waals surface area contributed by atoms with Crippen LogP contribution in [0.5, 0.6) is 0 Å². The normalized spacial score (nSPS) is 40.9. The van der Waals surface area contributed by atoms with Crippen molar-refractivity contribution in [1.82, 2.24) is 4.90 Å². The Balaban J connectivity index is 1.47. The molecule has 16 nitrogen and oxygen atoms in total. The number of hydrogen-bond donors (Lipinski definition) is 1. The van der Waals surface area contributed by atoms with Gasteiger partial charge in [-0.3, -0.25) is 4.79 Å². The number of nitrogens with zero attached hydrogens (tertiary/aromatic N) is 1. The molecule has 2 bridgehead atoms. The second-order valence-electron chi connectivity index (χ2n) is 22.1. The number of carbonyl (C=O) groups excluding carboxylic acids is 3. The van der Waals surface area contributed by atoms with Gasteiger partial charge < -0.3 is 62.1 Å². The smallest absolute Gasteiger partial charge is 0.338 e. The molecule has 2 aromatic rings. The number of carbonyl (C=O) groups is 3. The van der Waals surface area contributed by atoms with Gasteiger partial charge in [0, 0.05) is 32.5 Å². The van der Waals surface area contributed by atoms with Gasteiger partial charge in [-0.15, -0.1) is 0 Å². The van der Waals surface area contributed by atoms with Crippen LogP contribution in [-0.4, -0.2) is 152 Å². The fraction of sp³-hybridized carbons (Fsp3) is 0.732. The molecule has 2 unspecified atom stereocenters. The first-order chi connectivity index (χ1) is 33.8. The van der Waals surface area contributed by atoms with Gasteiger partial charge in [0.2, 0.25) is 0 Å². The standard InChI is InChI=1S/C56H85NO15/c1-17-41-56(61,18-2)47-34(5)43(71-53(9,10)72-47)32(3)30-54(11,62-15)46(70-52-45(40(57(13)14)29-33(4)64-52)68-50(59)38-25-21-19-22-26-38)35(6)44(36(7)49(58)66-41)67-42-31-55(12,63-16)48(37(8)65-42)69-51(60)39-27-23-20-24-28-39/h19-28,32-37,40-48,52,61H,17-18,29-31H2,1-16H3/t32-,33-,34+,35+,36-,37+,40+,41-,42?,43+,44+,45-,46-,47-,48+,52?,54+,55-,56-/m1/s1. The minimum Gasteiger partial charge on any atom is -0.459 e. The summed E-state index contributed by atoms with van der Waals surface area (Å²) in [6, 6.07) is 17.2. The summed E-state index contributed by atoms with van der Waals surface area (Å²) >= 11 is 0. The largest absolute Gasteiger partial charge is 0.459 e. The van der Waals surface area contributed by atoms with Gasteiger partial charge in [-0.25, -0.2) is 9.59 Å². The summed E-state index contributed by atoms with van der Waals surface area (Å²) < 4.78 is 73.2. The molecule has 4 aliphatic heterocycles. The summed E-state index contributed by atoms with van der Waals surface area (Å²) in [4.78, 5) is 44.5. The van der Waals surface area contributed by atoms with Gasteiger partial charge in [0.15, 0.2) is 30.6 Å². The van der Waals surface area contributed by atoms with Crippen molar-refractivity contribution in [3.05, 3.63) is 71.8 Å². The molecule has 4 saturated heterocycles. The molecule has 4 fully saturated rings. The molecule has 0 amide bonds. The fourth-order valence-electron chi connectivity index (χ4n) is 11.9. The zero-order valence-electron chi connectivity index (χ0n) is 45.7. The predicted octanol–water partition coefficient (Wildman–Crippen LogP) is 8.15. The first kappa shape index (κ1) is 57.7. The monoisotopic (exact) mass is 1010 g/mol. The van der Waals surface area contributed by atoms with Gasteiger partial charge in [-0.05, 0) is 118 Å². The van der Waals surface area contributed by atoms with Crippen molar-refractivity contribution in [3.8, 4) is 0 Å². The Morgan fingerprint density at radius 1 is 0.736 bits per heavy atom. The zero-order chi connectivity index (χ0) is 53.1. The number of fused-ring (bicyclic) bond motifs is 2.